The minimum atomic E-state index is -0.960. The van der Waals surface area contributed by atoms with Crippen molar-refractivity contribution in [2.75, 3.05) is 19.8 Å². The highest BCUT2D eigenvalue weighted by atomic mass is 16.5. The van der Waals surface area contributed by atoms with Gasteiger partial charge in [-0.05, 0) is 46.5 Å². The Kier molecular flexibility index (Phi) is 16.3. The van der Waals surface area contributed by atoms with Gasteiger partial charge in [-0.1, -0.05) is 38.5 Å². The van der Waals surface area contributed by atoms with Crippen molar-refractivity contribution in [3.63, 3.8) is 0 Å². The molecule has 0 rings (SSSR count). The Hall–Kier alpha value is -1.63. The lowest BCUT2D eigenvalue weighted by Gasteiger charge is -2.27. The van der Waals surface area contributed by atoms with Gasteiger partial charge in [0.2, 0.25) is 0 Å². The Morgan fingerprint density at radius 2 is 1.00 bits per heavy atom. The molecule has 0 aliphatic heterocycles. The summed E-state index contributed by atoms with van der Waals surface area (Å²) >= 11 is 0. The second kappa shape index (κ2) is 17.2. The largest absolute Gasteiger partial charge is 0.466 e. The summed E-state index contributed by atoms with van der Waals surface area (Å²) in [5.74, 6) is -0.650. The van der Waals surface area contributed by atoms with Gasteiger partial charge in [0, 0.05) is 12.8 Å². The second-order valence-electron chi connectivity index (χ2n) is 7.32. The van der Waals surface area contributed by atoms with Crippen LogP contribution in [0.15, 0.2) is 0 Å². The van der Waals surface area contributed by atoms with Gasteiger partial charge in [0.1, 0.15) is 5.54 Å². The predicted octanol–water partition coefficient (Wildman–Crippen LogP) is 4.05. The van der Waals surface area contributed by atoms with Gasteiger partial charge in [-0.2, -0.15) is 0 Å². The Morgan fingerprint density at radius 1 is 0.621 bits per heavy atom. The first kappa shape index (κ1) is 27.4. The third-order valence-electron chi connectivity index (χ3n) is 4.80. The van der Waals surface area contributed by atoms with Gasteiger partial charge in [-0.3, -0.25) is 14.4 Å². The maximum Gasteiger partial charge on any atom is 0.326 e. The van der Waals surface area contributed by atoms with Crippen LogP contribution >= 0.6 is 0 Å². The molecule has 0 aromatic carbocycles. The topological polar surface area (TPSA) is 105 Å². The fraction of sp³-hybridized carbons (Fsp3) is 0.864. The number of carbonyl (C=O) groups excluding carboxylic acids is 3. The van der Waals surface area contributed by atoms with E-state index in [1.165, 1.54) is 0 Å². The molecule has 0 aliphatic carbocycles. The molecule has 7 heteroatoms. The molecule has 2 N–H and O–H groups in total. The van der Waals surface area contributed by atoms with E-state index in [9.17, 15) is 14.4 Å². The quantitative estimate of drug-likeness (QED) is 0.204. The van der Waals surface area contributed by atoms with E-state index in [-0.39, 0.29) is 17.9 Å². The van der Waals surface area contributed by atoms with Crippen molar-refractivity contribution in [2.24, 2.45) is 5.73 Å². The zero-order chi connectivity index (χ0) is 22.0. The SMILES string of the molecule is CCOC(=O)CCCCCCC(N)(CCCCCCC(=O)OCC)C(=O)OCC. The van der Waals surface area contributed by atoms with Gasteiger partial charge >= 0.3 is 17.9 Å². The molecule has 0 aromatic heterocycles. The predicted molar refractivity (Wildman–Crippen MR) is 112 cm³/mol. The molecule has 0 spiro atoms. The van der Waals surface area contributed by atoms with Gasteiger partial charge < -0.3 is 19.9 Å². The van der Waals surface area contributed by atoms with Crippen LogP contribution in [-0.4, -0.2) is 43.3 Å². The van der Waals surface area contributed by atoms with Crippen LogP contribution < -0.4 is 5.73 Å². The minimum absolute atomic E-state index is 0.157. The molecule has 0 saturated heterocycles. The standard InChI is InChI=1S/C22H41NO6/c1-4-27-19(24)15-11-7-9-13-17-22(23,21(26)29-6-3)18-14-10-8-12-16-20(25)28-5-2/h4-18,23H2,1-3H3. The molecule has 7 nitrogen and oxygen atoms in total. The second-order valence-corrected chi connectivity index (χ2v) is 7.32. The third-order valence-corrected chi connectivity index (χ3v) is 4.80. The van der Waals surface area contributed by atoms with Gasteiger partial charge in [0.05, 0.1) is 19.8 Å². The number of esters is 3. The highest BCUT2D eigenvalue weighted by Crippen LogP contribution is 2.23. The minimum Gasteiger partial charge on any atom is -0.466 e. The van der Waals surface area contributed by atoms with Crippen LogP contribution in [0.3, 0.4) is 0 Å². The van der Waals surface area contributed by atoms with Crippen molar-refractivity contribution >= 4 is 17.9 Å². The van der Waals surface area contributed by atoms with Crippen molar-refractivity contribution in [3.05, 3.63) is 0 Å². The normalized spacial score (nSPS) is 11.2. The summed E-state index contributed by atoms with van der Waals surface area (Å²) in [5.41, 5.74) is 5.45. The molecule has 0 heterocycles. The van der Waals surface area contributed by atoms with E-state index in [1.54, 1.807) is 20.8 Å². The van der Waals surface area contributed by atoms with Gasteiger partial charge in [0.15, 0.2) is 0 Å². The molecule has 170 valence electrons. The molecule has 0 radical (unpaired) electrons. The monoisotopic (exact) mass is 415 g/mol. The molecule has 0 saturated carbocycles. The van der Waals surface area contributed by atoms with Gasteiger partial charge in [-0.25, -0.2) is 0 Å². The Bertz CT molecular complexity index is 436. The molecular weight excluding hydrogens is 374 g/mol. The maximum absolute atomic E-state index is 12.4. The van der Waals surface area contributed by atoms with Crippen LogP contribution in [0.4, 0.5) is 0 Å². The van der Waals surface area contributed by atoms with Crippen LogP contribution in [0.25, 0.3) is 0 Å². The summed E-state index contributed by atoms with van der Waals surface area (Å²) < 4.78 is 15.0. The van der Waals surface area contributed by atoms with Crippen molar-refractivity contribution in [2.45, 2.75) is 103 Å². The molecule has 0 fully saturated rings. The van der Waals surface area contributed by atoms with Gasteiger partial charge in [-0.15, -0.1) is 0 Å². The number of hydrogen-bond acceptors (Lipinski definition) is 7. The lowest BCUT2D eigenvalue weighted by Crippen LogP contribution is -2.49. The van der Waals surface area contributed by atoms with E-state index >= 15 is 0 Å². The van der Waals surface area contributed by atoms with Crippen molar-refractivity contribution < 1.29 is 28.6 Å². The number of rotatable bonds is 18. The number of nitrogens with two attached hydrogens (primary N) is 1. The van der Waals surface area contributed by atoms with Crippen molar-refractivity contribution in [1.82, 2.24) is 0 Å². The van der Waals surface area contributed by atoms with Crippen LogP contribution in [-0.2, 0) is 28.6 Å². The van der Waals surface area contributed by atoms with Crippen LogP contribution in [0.5, 0.6) is 0 Å². The van der Waals surface area contributed by atoms with E-state index < -0.39 is 5.54 Å². The Morgan fingerprint density at radius 3 is 1.38 bits per heavy atom. The zero-order valence-electron chi connectivity index (χ0n) is 18.6. The number of ether oxygens (including phenoxy) is 3. The molecule has 0 unspecified atom stereocenters. The molecule has 0 atom stereocenters. The summed E-state index contributed by atoms with van der Waals surface area (Å²) in [7, 11) is 0. The summed E-state index contributed by atoms with van der Waals surface area (Å²) in [5, 5.41) is 0. The highest BCUT2D eigenvalue weighted by molar-refractivity contribution is 5.80. The Balaban J connectivity index is 4.16. The summed E-state index contributed by atoms with van der Waals surface area (Å²) in [6.45, 7) is 6.52. The third kappa shape index (κ3) is 14.1. The number of carbonyl (C=O) groups is 3. The summed E-state index contributed by atoms with van der Waals surface area (Å²) in [4.78, 5) is 35.0. The first-order valence-corrected chi connectivity index (χ1v) is 11.2. The highest BCUT2D eigenvalue weighted by Gasteiger charge is 2.34. The van der Waals surface area contributed by atoms with E-state index in [2.05, 4.69) is 0 Å². The number of unbranched alkanes of at least 4 members (excludes halogenated alkanes) is 6. The van der Waals surface area contributed by atoms with E-state index in [0.717, 1.165) is 51.4 Å². The van der Waals surface area contributed by atoms with Gasteiger partial charge in [0.25, 0.3) is 0 Å². The molecule has 0 amide bonds. The molecule has 0 aliphatic rings. The number of hydrogen-bond donors (Lipinski definition) is 1. The van der Waals surface area contributed by atoms with E-state index in [4.69, 9.17) is 19.9 Å². The van der Waals surface area contributed by atoms with E-state index in [0.29, 0.717) is 45.5 Å². The molecular formula is C22H41NO6. The average molecular weight is 416 g/mol. The van der Waals surface area contributed by atoms with Crippen molar-refractivity contribution in [3.8, 4) is 0 Å². The van der Waals surface area contributed by atoms with Crippen LogP contribution in [0.1, 0.15) is 97.8 Å². The lowest BCUT2D eigenvalue weighted by atomic mass is 9.87. The first-order valence-electron chi connectivity index (χ1n) is 11.2. The zero-order valence-corrected chi connectivity index (χ0v) is 18.6. The lowest BCUT2D eigenvalue weighted by molar-refractivity contribution is -0.150. The molecule has 0 aromatic rings. The molecule has 29 heavy (non-hydrogen) atoms. The van der Waals surface area contributed by atoms with Crippen LogP contribution in [0.2, 0.25) is 0 Å². The fourth-order valence-electron chi connectivity index (χ4n) is 3.20. The average Bonchev–Trinajstić information content (AvgIpc) is 2.68. The van der Waals surface area contributed by atoms with Crippen LogP contribution in [0, 0.1) is 0 Å². The fourth-order valence-corrected chi connectivity index (χ4v) is 3.20. The summed E-state index contributed by atoms with van der Waals surface area (Å²) in [6, 6.07) is 0. The summed E-state index contributed by atoms with van der Waals surface area (Å²) in [6.07, 6.45) is 8.89. The first-order chi connectivity index (χ1) is 13.9. The van der Waals surface area contributed by atoms with Crippen molar-refractivity contribution in [1.29, 1.82) is 0 Å². The Labute approximate surface area is 176 Å². The molecule has 0 bridgehead atoms. The smallest absolute Gasteiger partial charge is 0.326 e. The maximum atomic E-state index is 12.4. The van der Waals surface area contributed by atoms with E-state index in [1.807, 2.05) is 0 Å².